The van der Waals surface area contributed by atoms with Crippen LogP contribution in [0, 0.1) is 28.6 Å². The van der Waals surface area contributed by atoms with Gasteiger partial charge in [-0.25, -0.2) is 0 Å². The molecule has 0 N–H and O–H groups in total. The highest BCUT2D eigenvalue weighted by molar-refractivity contribution is 6.69. The van der Waals surface area contributed by atoms with Crippen molar-refractivity contribution in [3.8, 4) is 0 Å². The van der Waals surface area contributed by atoms with Crippen molar-refractivity contribution >= 4 is 19.9 Å². The van der Waals surface area contributed by atoms with Crippen molar-refractivity contribution in [1.29, 1.82) is 0 Å². The van der Waals surface area contributed by atoms with Gasteiger partial charge in [-0.2, -0.15) is 0 Å². The number of Topliss-reactive ketones (excluding diaryl/α,β-unsaturated/α-hetero) is 1. The lowest BCUT2D eigenvalue weighted by Crippen LogP contribution is -2.58. The highest BCUT2D eigenvalue weighted by Crippen LogP contribution is 2.65. The molecule has 3 saturated carbocycles. The average Bonchev–Trinajstić information content (AvgIpc) is 2.85. The molecule has 0 bridgehead atoms. The number of allylic oxidation sites excluding steroid dienone is 1. The largest absolute Gasteiger partial charge is 0.414 e. The summed E-state index contributed by atoms with van der Waals surface area (Å²) in [6, 6.07) is 0. The van der Waals surface area contributed by atoms with Gasteiger partial charge in [0.1, 0.15) is 5.78 Å². The van der Waals surface area contributed by atoms with Crippen LogP contribution in [0.1, 0.15) is 58.8 Å². The maximum absolute atomic E-state index is 13.0. The van der Waals surface area contributed by atoms with E-state index in [1.807, 2.05) is 6.08 Å². The lowest BCUT2D eigenvalue weighted by atomic mass is 9.47. The maximum Gasteiger partial charge on any atom is 0.184 e. The van der Waals surface area contributed by atoms with E-state index in [1.165, 1.54) is 5.57 Å². The van der Waals surface area contributed by atoms with Crippen LogP contribution in [0.2, 0.25) is 19.6 Å². The Balaban J connectivity index is 1.74. The van der Waals surface area contributed by atoms with E-state index in [0.717, 1.165) is 38.5 Å². The van der Waals surface area contributed by atoms with Gasteiger partial charge in [-0.1, -0.05) is 12.5 Å². The standard InChI is InChI=1S/C22H34O3Si/c1-21-11-10-15(23)12-14(21)6-7-16-17-8-9-19(24)22(17,2)20(13-18(16)21)25-26(3,4)5/h12,16-18,20H,6-11,13H2,1-5H3/t16-,17-,18-,20?,21-,22-/m0/s1. The summed E-state index contributed by atoms with van der Waals surface area (Å²) in [6.45, 7) is 11.3. The number of hydrogen-bond donors (Lipinski definition) is 0. The third-order valence-electron chi connectivity index (χ3n) is 8.24. The van der Waals surface area contributed by atoms with Gasteiger partial charge in [0.15, 0.2) is 14.1 Å². The van der Waals surface area contributed by atoms with E-state index in [1.54, 1.807) is 0 Å². The van der Waals surface area contributed by atoms with Gasteiger partial charge in [-0.05, 0) is 87.9 Å². The van der Waals surface area contributed by atoms with Crippen molar-refractivity contribution in [2.75, 3.05) is 0 Å². The Kier molecular flexibility index (Phi) is 4.21. The van der Waals surface area contributed by atoms with Gasteiger partial charge in [0, 0.05) is 12.8 Å². The van der Waals surface area contributed by atoms with Gasteiger partial charge in [-0.15, -0.1) is 0 Å². The van der Waals surface area contributed by atoms with Crippen LogP contribution in [0.5, 0.6) is 0 Å². The summed E-state index contributed by atoms with van der Waals surface area (Å²) in [5, 5.41) is 0. The fraction of sp³-hybridized carbons (Fsp3) is 0.818. The fourth-order valence-corrected chi connectivity index (χ4v) is 8.08. The molecule has 26 heavy (non-hydrogen) atoms. The zero-order chi connectivity index (χ0) is 18.9. The van der Waals surface area contributed by atoms with Crippen LogP contribution >= 0.6 is 0 Å². The molecule has 0 spiro atoms. The van der Waals surface area contributed by atoms with Crippen molar-refractivity contribution in [1.82, 2.24) is 0 Å². The zero-order valence-corrected chi connectivity index (χ0v) is 18.1. The third-order valence-corrected chi connectivity index (χ3v) is 9.24. The molecular weight excluding hydrogens is 340 g/mol. The summed E-state index contributed by atoms with van der Waals surface area (Å²) in [5.74, 6) is 2.38. The van der Waals surface area contributed by atoms with Crippen LogP contribution in [0.25, 0.3) is 0 Å². The number of carbonyl (C=O) groups is 2. The first kappa shape index (κ1) is 18.6. The molecule has 1 unspecified atom stereocenters. The zero-order valence-electron chi connectivity index (χ0n) is 17.1. The van der Waals surface area contributed by atoms with E-state index in [2.05, 4.69) is 33.5 Å². The first-order chi connectivity index (χ1) is 12.1. The monoisotopic (exact) mass is 374 g/mol. The molecule has 0 aliphatic heterocycles. The van der Waals surface area contributed by atoms with Gasteiger partial charge in [0.05, 0.1) is 11.5 Å². The van der Waals surface area contributed by atoms with Crippen LogP contribution in [0.15, 0.2) is 11.6 Å². The molecule has 0 aromatic carbocycles. The summed E-state index contributed by atoms with van der Waals surface area (Å²) in [6.07, 6.45) is 8.64. The minimum atomic E-state index is -1.74. The number of ketones is 2. The molecule has 0 radical (unpaired) electrons. The molecule has 4 aliphatic carbocycles. The number of rotatable bonds is 2. The molecule has 144 valence electrons. The smallest absolute Gasteiger partial charge is 0.184 e. The molecule has 0 heterocycles. The highest BCUT2D eigenvalue weighted by Gasteiger charge is 2.63. The molecule has 0 saturated heterocycles. The molecule has 3 nitrogen and oxygen atoms in total. The van der Waals surface area contributed by atoms with E-state index in [0.29, 0.717) is 35.7 Å². The molecule has 0 aromatic rings. The molecular formula is C22H34O3Si. The van der Waals surface area contributed by atoms with Crippen LogP contribution in [-0.2, 0) is 14.0 Å². The first-order valence-corrected chi connectivity index (χ1v) is 13.9. The topological polar surface area (TPSA) is 43.4 Å². The Morgan fingerprint density at radius 2 is 1.77 bits per heavy atom. The van der Waals surface area contributed by atoms with Crippen LogP contribution < -0.4 is 0 Å². The third kappa shape index (κ3) is 2.62. The van der Waals surface area contributed by atoms with Gasteiger partial charge in [0.2, 0.25) is 0 Å². The Morgan fingerprint density at radius 3 is 2.46 bits per heavy atom. The van der Waals surface area contributed by atoms with Crippen molar-refractivity contribution in [3.63, 3.8) is 0 Å². The Labute approximate surface area is 159 Å². The van der Waals surface area contributed by atoms with E-state index in [4.69, 9.17) is 4.43 Å². The van der Waals surface area contributed by atoms with Crippen molar-refractivity contribution in [2.24, 2.45) is 28.6 Å². The Hall–Kier alpha value is -0.743. The summed E-state index contributed by atoms with van der Waals surface area (Å²) in [5.41, 5.74) is 1.23. The Morgan fingerprint density at radius 1 is 1.04 bits per heavy atom. The summed E-state index contributed by atoms with van der Waals surface area (Å²) >= 11 is 0. The molecule has 0 amide bonds. The lowest BCUT2D eigenvalue weighted by Gasteiger charge is -2.59. The molecule has 4 rings (SSSR count). The minimum Gasteiger partial charge on any atom is -0.414 e. The van der Waals surface area contributed by atoms with Crippen LogP contribution in [0.3, 0.4) is 0 Å². The SMILES string of the molecule is C[C@]12CCC(=O)C=C1CC[C@@H]1[C@@H]2CC(O[Si](C)(C)C)[C@]2(C)C(=O)CC[C@@H]12. The maximum atomic E-state index is 13.0. The molecule has 4 aliphatic rings. The second kappa shape index (κ2) is 5.87. The van der Waals surface area contributed by atoms with Crippen molar-refractivity contribution in [2.45, 2.75) is 84.5 Å². The highest BCUT2D eigenvalue weighted by atomic mass is 28.4. The molecule has 0 aromatic heterocycles. The van der Waals surface area contributed by atoms with Crippen molar-refractivity contribution < 1.29 is 14.0 Å². The molecule has 6 atom stereocenters. The van der Waals surface area contributed by atoms with Gasteiger partial charge in [0.25, 0.3) is 0 Å². The number of hydrogen-bond acceptors (Lipinski definition) is 3. The second-order valence-electron chi connectivity index (χ2n) is 10.7. The quantitative estimate of drug-likeness (QED) is 0.645. The van der Waals surface area contributed by atoms with E-state index in [-0.39, 0.29) is 16.9 Å². The van der Waals surface area contributed by atoms with Gasteiger partial charge in [-0.3, -0.25) is 9.59 Å². The minimum absolute atomic E-state index is 0.0595. The van der Waals surface area contributed by atoms with E-state index in [9.17, 15) is 9.59 Å². The van der Waals surface area contributed by atoms with Gasteiger partial charge < -0.3 is 4.43 Å². The fourth-order valence-electron chi connectivity index (χ4n) is 6.88. The second-order valence-corrected chi connectivity index (χ2v) is 15.1. The first-order valence-electron chi connectivity index (χ1n) is 10.5. The summed E-state index contributed by atoms with van der Waals surface area (Å²) in [4.78, 5) is 25.0. The lowest BCUT2D eigenvalue weighted by molar-refractivity contribution is -0.148. The van der Waals surface area contributed by atoms with Gasteiger partial charge >= 0.3 is 0 Å². The summed E-state index contributed by atoms with van der Waals surface area (Å²) in [7, 11) is -1.74. The van der Waals surface area contributed by atoms with Crippen molar-refractivity contribution in [3.05, 3.63) is 11.6 Å². The number of fused-ring (bicyclic) bond motifs is 5. The van der Waals surface area contributed by atoms with Crippen LogP contribution in [-0.4, -0.2) is 26.0 Å². The summed E-state index contributed by atoms with van der Waals surface area (Å²) < 4.78 is 6.69. The molecule has 3 fully saturated rings. The van der Waals surface area contributed by atoms with E-state index >= 15 is 0 Å². The average molecular weight is 375 g/mol. The predicted molar refractivity (Wildman–Crippen MR) is 105 cm³/mol. The molecule has 4 heteroatoms. The Bertz CT molecular complexity index is 675. The normalized spacial score (nSPS) is 45.7. The predicted octanol–water partition coefficient (Wildman–Crippen LogP) is 4.92. The number of carbonyl (C=O) groups excluding carboxylic acids is 2. The van der Waals surface area contributed by atoms with Crippen LogP contribution in [0.4, 0.5) is 0 Å². The van der Waals surface area contributed by atoms with E-state index < -0.39 is 8.32 Å².